The Labute approximate surface area is 352 Å². The van der Waals surface area contributed by atoms with Crippen LogP contribution in [0.25, 0.3) is 0 Å². The van der Waals surface area contributed by atoms with Gasteiger partial charge in [-0.15, -0.1) is 0 Å². The summed E-state index contributed by atoms with van der Waals surface area (Å²) in [5, 5.41) is 0. The molecule has 0 heterocycles. The van der Waals surface area contributed by atoms with E-state index in [9.17, 15) is 28.8 Å². The molecule has 3 aromatic rings. The summed E-state index contributed by atoms with van der Waals surface area (Å²) in [7, 11) is 8.66. The van der Waals surface area contributed by atoms with Crippen molar-refractivity contribution in [3.05, 3.63) is 69.8 Å². The largest absolute Gasteiger partial charge is 0.496 e. The molecular formula is C46H60N2O12. The van der Waals surface area contributed by atoms with Crippen LogP contribution in [0.15, 0.2) is 36.4 Å². The molecule has 3 aromatic carbocycles. The summed E-state index contributed by atoms with van der Waals surface area (Å²) in [6.07, 6.45) is 5.26. The molecule has 326 valence electrons. The molecule has 0 aromatic heterocycles. The highest BCUT2D eigenvalue weighted by Crippen LogP contribution is 2.34. The van der Waals surface area contributed by atoms with E-state index < -0.39 is 0 Å². The van der Waals surface area contributed by atoms with E-state index in [-0.39, 0.29) is 107 Å². The van der Waals surface area contributed by atoms with Gasteiger partial charge in [0.2, 0.25) is 0 Å². The molecule has 14 heteroatoms. The molecule has 0 atom stereocenters. The fourth-order valence-electron chi connectivity index (χ4n) is 6.83. The lowest BCUT2D eigenvalue weighted by atomic mass is 9.95. The number of Topliss-reactive ketones (excluding diaryl/α,β-unsaturated/α-hetero) is 6. The molecule has 3 rings (SSSR count). The Bertz CT molecular complexity index is 1850. The van der Waals surface area contributed by atoms with Crippen LogP contribution in [-0.4, -0.2) is 90.4 Å². The predicted molar refractivity (Wildman–Crippen MR) is 227 cm³/mol. The number of benzene rings is 3. The van der Waals surface area contributed by atoms with Crippen LogP contribution in [0.5, 0.6) is 34.5 Å². The molecule has 0 fully saturated rings. The van der Waals surface area contributed by atoms with Gasteiger partial charge in [0.15, 0.2) is 34.7 Å². The van der Waals surface area contributed by atoms with Crippen molar-refractivity contribution in [1.82, 2.24) is 0 Å². The van der Waals surface area contributed by atoms with Gasteiger partial charge in [0.1, 0.15) is 34.5 Å². The van der Waals surface area contributed by atoms with Crippen molar-refractivity contribution in [3.8, 4) is 34.5 Å². The van der Waals surface area contributed by atoms with Gasteiger partial charge in [-0.05, 0) is 69.8 Å². The molecule has 0 amide bonds. The highest BCUT2D eigenvalue weighted by Gasteiger charge is 2.24. The van der Waals surface area contributed by atoms with Crippen LogP contribution in [0.4, 0.5) is 0 Å². The minimum Gasteiger partial charge on any atom is -0.496 e. The summed E-state index contributed by atoms with van der Waals surface area (Å²) in [6, 6.07) is 9.17. The normalized spacial score (nSPS) is 10.8. The van der Waals surface area contributed by atoms with Crippen molar-refractivity contribution in [1.29, 1.82) is 0 Å². The van der Waals surface area contributed by atoms with Gasteiger partial charge in [-0.25, -0.2) is 0 Å². The maximum Gasteiger partial charge on any atom is 0.166 e. The smallest absolute Gasteiger partial charge is 0.166 e. The molecule has 0 spiro atoms. The quantitative estimate of drug-likeness (QED) is 0.0489. The first-order valence-electron chi connectivity index (χ1n) is 20.3. The Morgan fingerprint density at radius 1 is 0.317 bits per heavy atom. The average Bonchev–Trinajstić information content (AvgIpc) is 3.27. The van der Waals surface area contributed by atoms with Gasteiger partial charge >= 0.3 is 0 Å². The summed E-state index contributed by atoms with van der Waals surface area (Å²) < 4.78 is 32.6. The van der Waals surface area contributed by atoms with Crippen molar-refractivity contribution >= 4 is 34.7 Å². The third kappa shape index (κ3) is 13.2. The van der Waals surface area contributed by atoms with Crippen LogP contribution in [0, 0.1) is 0 Å². The summed E-state index contributed by atoms with van der Waals surface area (Å²) >= 11 is 0. The lowest BCUT2D eigenvalue weighted by Gasteiger charge is -2.14. The number of ketones is 6. The Morgan fingerprint density at radius 3 is 0.667 bits per heavy atom. The van der Waals surface area contributed by atoms with E-state index in [1.807, 2.05) is 0 Å². The second kappa shape index (κ2) is 25.1. The number of unbranched alkanes of at least 4 members (excludes halogenated alkanes) is 4. The van der Waals surface area contributed by atoms with Crippen molar-refractivity contribution in [2.75, 3.05) is 55.7 Å². The number of carbonyl (C=O) groups is 6. The van der Waals surface area contributed by atoms with Crippen LogP contribution in [-0.2, 0) is 0 Å². The molecule has 0 aliphatic heterocycles. The minimum atomic E-state index is -0.218. The lowest BCUT2D eigenvalue weighted by Crippen LogP contribution is -2.10. The number of methoxy groups -OCH3 is 6. The zero-order valence-corrected chi connectivity index (χ0v) is 35.8. The fraction of sp³-hybridized carbons (Fsp3) is 0.478. The first-order valence-corrected chi connectivity index (χ1v) is 20.3. The van der Waals surface area contributed by atoms with E-state index in [1.54, 1.807) is 12.1 Å². The zero-order valence-electron chi connectivity index (χ0n) is 35.8. The van der Waals surface area contributed by atoms with Crippen LogP contribution in [0.2, 0.25) is 0 Å². The average molecular weight is 833 g/mol. The molecule has 0 saturated carbocycles. The molecule has 14 nitrogen and oxygen atoms in total. The SMILES string of the molecule is COc1cc(OC)c(C(=O)CCCCCC(=O)c2cc(C(=O)CCCCCC(=O)c3cc(C(=O)CCCN)c(OC)cc3OC)c(OC)cc2OC)cc1C(=O)CCCN. The summed E-state index contributed by atoms with van der Waals surface area (Å²) in [5.41, 5.74) is 12.8. The van der Waals surface area contributed by atoms with Crippen molar-refractivity contribution in [3.63, 3.8) is 0 Å². The predicted octanol–water partition coefficient (Wildman–Crippen LogP) is 7.61. The summed E-state index contributed by atoms with van der Waals surface area (Å²) in [6.45, 7) is 0.730. The first-order chi connectivity index (χ1) is 28.9. The van der Waals surface area contributed by atoms with E-state index in [2.05, 4.69) is 0 Å². The monoisotopic (exact) mass is 832 g/mol. The highest BCUT2D eigenvalue weighted by atomic mass is 16.5. The molecule has 4 N–H and O–H groups in total. The molecule has 0 bridgehead atoms. The van der Waals surface area contributed by atoms with Gasteiger partial charge in [-0.3, -0.25) is 28.8 Å². The van der Waals surface area contributed by atoms with Gasteiger partial charge in [-0.2, -0.15) is 0 Å². The van der Waals surface area contributed by atoms with Gasteiger partial charge in [0.05, 0.1) is 76.0 Å². The minimum absolute atomic E-state index is 0.159. The van der Waals surface area contributed by atoms with Crippen molar-refractivity contribution in [2.24, 2.45) is 11.5 Å². The number of rotatable bonds is 30. The molecule has 0 radical (unpaired) electrons. The molecule has 0 saturated heterocycles. The maximum absolute atomic E-state index is 13.5. The standard InChI is InChI=1S/C46H60N2O12/c1-55-41-26-42(56-2)30(36(50)16-10-8-12-18-38(52)32-25-34(40(54)20-14-22-48)46(60-6)28-44(32)58-4)23-29(41)35(49)15-9-7-11-17-37(51)31-24-33(39(53)19-13-21-47)45(59-5)27-43(31)57-3/h23-28H,7-22,47-48H2,1-6H3. The van der Waals surface area contributed by atoms with Gasteiger partial charge in [0.25, 0.3) is 0 Å². The maximum atomic E-state index is 13.5. The number of nitrogens with two attached hydrogens (primary N) is 2. The van der Waals surface area contributed by atoms with E-state index in [0.29, 0.717) is 98.6 Å². The fourth-order valence-corrected chi connectivity index (χ4v) is 6.83. The van der Waals surface area contributed by atoms with Gasteiger partial charge < -0.3 is 39.9 Å². The lowest BCUT2D eigenvalue weighted by molar-refractivity contribution is 0.0957. The van der Waals surface area contributed by atoms with E-state index in [4.69, 9.17) is 39.9 Å². The number of carbonyl (C=O) groups excluding carboxylic acids is 6. The van der Waals surface area contributed by atoms with E-state index >= 15 is 0 Å². The number of ether oxygens (including phenoxy) is 6. The Morgan fingerprint density at radius 2 is 0.500 bits per heavy atom. The van der Waals surface area contributed by atoms with Crippen LogP contribution >= 0.6 is 0 Å². The van der Waals surface area contributed by atoms with Crippen LogP contribution < -0.4 is 39.9 Å². The number of hydrogen-bond acceptors (Lipinski definition) is 14. The van der Waals surface area contributed by atoms with E-state index in [1.165, 1.54) is 66.9 Å². The summed E-state index contributed by atoms with van der Waals surface area (Å²) in [4.78, 5) is 79.1. The first kappa shape index (κ1) is 48.8. The topological polar surface area (TPSA) is 210 Å². The Kier molecular flexibility index (Phi) is 20.4. The zero-order chi connectivity index (χ0) is 44.2. The third-order valence-electron chi connectivity index (χ3n) is 10.2. The van der Waals surface area contributed by atoms with Crippen LogP contribution in [0.3, 0.4) is 0 Å². The second-order valence-electron chi connectivity index (χ2n) is 14.2. The Hall–Kier alpha value is -5.60. The highest BCUT2D eigenvalue weighted by molar-refractivity contribution is 6.07. The molecular weight excluding hydrogens is 773 g/mol. The third-order valence-corrected chi connectivity index (χ3v) is 10.2. The molecule has 0 aliphatic rings. The second-order valence-corrected chi connectivity index (χ2v) is 14.2. The van der Waals surface area contributed by atoms with Gasteiger partial charge in [-0.1, -0.05) is 12.8 Å². The molecule has 60 heavy (non-hydrogen) atoms. The van der Waals surface area contributed by atoms with Gasteiger partial charge in [0, 0.05) is 56.7 Å². The van der Waals surface area contributed by atoms with Crippen LogP contribution in [0.1, 0.15) is 152 Å². The molecule has 0 aliphatic carbocycles. The molecule has 0 unspecified atom stereocenters. The summed E-state index contributed by atoms with van der Waals surface area (Å²) in [5.74, 6) is 0.650. The number of hydrogen-bond donors (Lipinski definition) is 2. The van der Waals surface area contributed by atoms with Crippen molar-refractivity contribution in [2.45, 2.75) is 89.9 Å². The Balaban J connectivity index is 1.59. The van der Waals surface area contributed by atoms with Crippen molar-refractivity contribution < 1.29 is 57.2 Å². The van der Waals surface area contributed by atoms with E-state index in [0.717, 1.165) is 0 Å².